The van der Waals surface area contributed by atoms with Crippen LogP contribution in [0.4, 0.5) is 0 Å². The Bertz CT molecular complexity index is 485. The fourth-order valence-electron chi connectivity index (χ4n) is 2.03. The van der Waals surface area contributed by atoms with Crippen LogP contribution in [0, 0.1) is 6.92 Å². The van der Waals surface area contributed by atoms with E-state index in [1.54, 1.807) is 0 Å². The Hall–Kier alpha value is -1.71. The monoisotopic (exact) mass is 291 g/mol. The van der Waals surface area contributed by atoms with Crippen LogP contribution in [0.3, 0.4) is 0 Å². The smallest absolute Gasteiger partial charge is 0.191 e. The molecule has 1 aromatic rings. The SMILES string of the molecule is CCN(CC)C(N)=NCc1ccc(C)cc1OC(C)(C)C. The molecule has 0 aromatic heterocycles. The maximum absolute atomic E-state index is 6.04. The molecule has 0 radical (unpaired) electrons. The average Bonchev–Trinajstić information content (AvgIpc) is 2.37. The van der Waals surface area contributed by atoms with Crippen LogP contribution >= 0.6 is 0 Å². The van der Waals surface area contributed by atoms with Crippen LogP contribution in [0.1, 0.15) is 45.7 Å². The molecule has 0 saturated heterocycles. The molecular weight excluding hydrogens is 262 g/mol. The maximum atomic E-state index is 6.04. The van der Waals surface area contributed by atoms with Crippen molar-refractivity contribution in [3.63, 3.8) is 0 Å². The number of benzene rings is 1. The second kappa shape index (κ2) is 7.34. The van der Waals surface area contributed by atoms with Crippen molar-refractivity contribution in [3.05, 3.63) is 29.3 Å². The molecule has 0 amide bonds. The largest absolute Gasteiger partial charge is 0.488 e. The highest BCUT2D eigenvalue weighted by Crippen LogP contribution is 2.25. The lowest BCUT2D eigenvalue weighted by Gasteiger charge is -2.24. The maximum Gasteiger partial charge on any atom is 0.191 e. The van der Waals surface area contributed by atoms with E-state index in [1.807, 2.05) is 25.7 Å². The Kier molecular flexibility index (Phi) is 6.06. The van der Waals surface area contributed by atoms with Gasteiger partial charge in [-0.1, -0.05) is 12.1 Å². The molecule has 4 heteroatoms. The van der Waals surface area contributed by atoms with Gasteiger partial charge in [0.25, 0.3) is 0 Å². The first kappa shape index (κ1) is 17.3. The van der Waals surface area contributed by atoms with Gasteiger partial charge < -0.3 is 15.4 Å². The van der Waals surface area contributed by atoms with Gasteiger partial charge in [0.05, 0.1) is 6.54 Å². The highest BCUT2D eigenvalue weighted by atomic mass is 16.5. The van der Waals surface area contributed by atoms with Crippen LogP contribution in [0.25, 0.3) is 0 Å². The Balaban J connectivity index is 2.95. The number of ether oxygens (including phenoxy) is 1. The molecule has 0 unspecified atom stereocenters. The van der Waals surface area contributed by atoms with E-state index < -0.39 is 0 Å². The Labute approximate surface area is 129 Å². The summed E-state index contributed by atoms with van der Waals surface area (Å²) in [4.78, 5) is 6.54. The minimum absolute atomic E-state index is 0.226. The fourth-order valence-corrected chi connectivity index (χ4v) is 2.03. The standard InChI is InChI=1S/C17H29N3O/c1-7-20(8-2)16(18)19-12-14-10-9-13(3)11-15(14)21-17(4,5)6/h9-11H,7-8,12H2,1-6H3,(H2,18,19). The van der Waals surface area contributed by atoms with Gasteiger partial charge in [-0.15, -0.1) is 0 Å². The van der Waals surface area contributed by atoms with E-state index in [1.165, 1.54) is 5.56 Å². The number of aryl methyl sites for hydroxylation is 1. The van der Waals surface area contributed by atoms with Crippen LogP contribution in [0.15, 0.2) is 23.2 Å². The minimum atomic E-state index is -0.226. The van der Waals surface area contributed by atoms with Crippen molar-refractivity contribution in [1.82, 2.24) is 4.90 Å². The molecule has 0 fully saturated rings. The van der Waals surface area contributed by atoms with Crippen LogP contribution in [-0.4, -0.2) is 29.6 Å². The van der Waals surface area contributed by atoms with E-state index in [0.717, 1.165) is 24.4 Å². The molecule has 0 saturated carbocycles. The van der Waals surface area contributed by atoms with Gasteiger partial charge in [0, 0.05) is 18.7 Å². The molecule has 1 aromatic carbocycles. The zero-order valence-electron chi connectivity index (χ0n) is 14.2. The quantitative estimate of drug-likeness (QED) is 0.669. The second-order valence-electron chi connectivity index (χ2n) is 6.17. The van der Waals surface area contributed by atoms with Gasteiger partial charge >= 0.3 is 0 Å². The number of hydrogen-bond acceptors (Lipinski definition) is 2. The number of nitrogens with zero attached hydrogens (tertiary/aromatic N) is 2. The molecule has 0 heterocycles. The third kappa shape index (κ3) is 5.66. The van der Waals surface area contributed by atoms with E-state index in [-0.39, 0.29) is 5.60 Å². The summed E-state index contributed by atoms with van der Waals surface area (Å²) < 4.78 is 6.04. The van der Waals surface area contributed by atoms with E-state index in [2.05, 4.69) is 44.0 Å². The normalized spacial score (nSPS) is 12.4. The molecule has 21 heavy (non-hydrogen) atoms. The summed E-state index contributed by atoms with van der Waals surface area (Å²) in [6.45, 7) is 14.6. The lowest BCUT2D eigenvalue weighted by Crippen LogP contribution is -2.37. The Morgan fingerprint density at radius 1 is 1.24 bits per heavy atom. The van der Waals surface area contributed by atoms with Gasteiger partial charge in [0.1, 0.15) is 11.4 Å². The molecule has 0 bridgehead atoms. The third-order valence-corrected chi connectivity index (χ3v) is 3.14. The van der Waals surface area contributed by atoms with Gasteiger partial charge in [-0.05, 0) is 53.2 Å². The van der Waals surface area contributed by atoms with Gasteiger partial charge in [-0.25, -0.2) is 4.99 Å². The van der Waals surface area contributed by atoms with Crippen molar-refractivity contribution in [3.8, 4) is 5.75 Å². The highest BCUT2D eigenvalue weighted by molar-refractivity contribution is 5.78. The molecule has 0 aliphatic carbocycles. The summed E-state index contributed by atoms with van der Waals surface area (Å²) in [5.41, 5.74) is 8.04. The topological polar surface area (TPSA) is 50.8 Å². The summed E-state index contributed by atoms with van der Waals surface area (Å²) in [5, 5.41) is 0. The van der Waals surface area contributed by atoms with Crippen LogP contribution in [0.5, 0.6) is 5.75 Å². The van der Waals surface area contributed by atoms with Crippen molar-refractivity contribution in [1.29, 1.82) is 0 Å². The molecule has 118 valence electrons. The number of nitrogens with two attached hydrogens (primary N) is 1. The predicted molar refractivity (Wildman–Crippen MR) is 89.8 cm³/mol. The van der Waals surface area contributed by atoms with Gasteiger partial charge in [0.15, 0.2) is 5.96 Å². The Morgan fingerprint density at radius 2 is 1.86 bits per heavy atom. The van der Waals surface area contributed by atoms with Gasteiger partial charge in [-0.2, -0.15) is 0 Å². The summed E-state index contributed by atoms with van der Waals surface area (Å²) in [5.74, 6) is 1.47. The van der Waals surface area contributed by atoms with E-state index >= 15 is 0 Å². The number of hydrogen-bond donors (Lipinski definition) is 1. The van der Waals surface area contributed by atoms with E-state index in [4.69, 9.17) is 10.5 Å². The molecule has 4 nitrogen and oxygen atoms in total. The lowest BCUT2D eigenvalue weighted by atomic mass is 10.1. The van der Waals surface area contributed by atoms with Crippen molar-refractivity contribution in [2.24, 2.45) is 10.7 Å². The third-order valence-electron chi connectivity index (χ3n) is 3.14. The van der Waals surface area contributed by atoms with Gasteiger partial charge in [-0.3, -0.25) is 0 Å². The molecule has 0 aliphatic rings. The molecule has 0 aliphatic heterocycles. The summed E-state index contributed by atoms with van der Waals surface area (Å²) in [6, 6.07) is 6.20. The van der Waals surface area contributed by atoms with Crippen molar-refractivity contribution in [2.75, 3.05) is 13.1 Å². The second-order valence-corrected chi connectivity index (χ2v) is 6.17. The zero-order chi connectivity index (χ0) is 16.0. The van der Waals surface area contributed by atoms with Crippen LogP contribution in [-0.2, 0) is 6.54 Å². The van der Waals surface area contributed by atoms with Gasteiger partial charge in [0.2, 0.25) is 0 Å². The summed E-state index contributed by atoms with van der Waals surface area (Å²) in [7, 11) is 0. The first-order valence-electron chi connectivity index (χ1n) is 7.60. The number of rotatable bonds is 5. The molecule has 0 spiro atoms. The fraction of sp³-hybridized carbons (Fsp3) is 0.588. The van der Waals surface area contributed by atoms with Crippen molar-refractivity contribution < 1.29 is 4.74 Å². The van der Waals surface area contributed by atoms with Crippen molar-refractivity contribution >= 4 is 5.96 Å². The number of guanidine groups is 1. The highest BCUT2D eigenvalue weighted by Gasteiger charge is 2.15. The predicted octanol–water partition coefficient (Wildman–Crippen LogP) is 3.33. The van der Waals surface area contributed by atoms with E-state index in [9.17, 15) is 0 Å². The molecular formula is C17H29N3O. The molecule has 2 N–H and O–H groups in total. The zero-order valence-corrected chi connectivity index (χ0v) is 14.2. The Morgan fingerprint density at radius 3 is 2.38 bits per heavy atom. The molecule has 0 atom stereocenters. The first-order chi connectivity index (χ1) is 9.76. The first-order valence-corrected chi connectivity index (χ1v) is 7.60. The van der Waals surface area contributed by atoms with Crippen LogP contribution in [0.2, 0.25) is 0 Å². The average molecular weight is 291 g/mol. The lowest BCUT2D eigenvalue weighted by molar-refractivity contribution is 0.129. The summed E-state index contributed by atoms with van der Waals surface area (Å²) in [6.07, 6.45) is 0. The number of aliphatic imine (C=N–C) groups is 1. The summed E-state index contributed by atoms with van der Waals surface area (Å²) >= 11 is 0. The van der Waals surface area contributed by atoms with E-state index in [0.29, 0.717) is 12.5 Å². The molecule has 1 rings (SSSR count). The minimum Gasteiger partial charge on any atom is -0.488 e. The van der Waals surface area contributed by atoms with Crippen molar-refractivity contribution in [2.45, 2.75) is 53.7 Å². The van der Waals surface area contributed by atoms with Crippen LogP contribution < -0.4 is 10.5 Å².